The van der Waals surface area contributed by atoms with E-state index in [9.17, 15) is 13.2 Å². The average molecular weight is 425 g/mol. The lowest BCUT2D eigenvalue weighted by Crippen LogP contribution is -2.29. The van der Waals surface area contributed by atoms with Gasteiger partial charge < -0.3 is 10.2 Å². The minimum Gasteiger partial charge on any atom is -0.371 e. The molecule has 0 bridgehead atoms. The lowest BCUT2D eigenvalue weighted by molar-refractivity contribution is -0.115. The average Bonchev–Trinajstić information content (AvgIpc) is 2.74. The number of carbonyl (C=O) groups excluding carboxylic acids is 1. The second kappa shape index (κ2) is 8.41. The number of fused-ring (bicyclic) bond motifs is 1. The fourth-order valence-electron chi connectivity index (χ4n) is 3.87. The van der Waals surface area contributed by atoms with E-state index in [0.717, 1.165) is 23.9 Å². The van der Waals surface area contributed by atoms with Crippen LogP contribution in [0.2, 0.25) is 0 Å². The number of primary sulfonamides is 1. The molecule has 1 fully saturated rings. The van der Waals surface area contributed by atoms with E-state index in [-0.39, 0.29) is 17.2 Å². The highest BCUT2D eigenvalue weighted by Crippen LogP contribution is 2.33. The summed E-state index contributed by atoms with van der Waals surface area (Å²) >= 11 is 0. The smallest absolute Gasteiger partial charge is 0.238 e. The molecule has 7 nitrogen and oxygen atoms in total. The van der Waals surface area contributed by atoms with Crippen LogP contribution in [0, 0.1) is 0 Å². The van der Waals surface area contributed by atoms with Gasteiger partial charge in [0.1, 0.15) is 0 Å². The van der Waals surface area contributed by atoms with E-state index < -0.39 is 10.0 Å². The fourth-order valence-corrected chi connectivity index (χ4v) is 4.39. The van der Waals surface area contributed by atoms with Gasteiger partial charge in [0.05, 0.1) is 17.0 Å². The first-order chi connectivity index (χ1) is 14.4. The number of sulfonamides is 1. The number of amides is 1. The second-order valence-corrected chi connectivity index (χ2v) is 9.08. The third-order valence-corrected chi connectivity index (χ3v) is 6.31. The predicted molar refractivity (Wildman–Crippen MR) is 118 cm³/mol. The van der Waals surface area contributed by atoms with Crippen LogP contribution in [-0.4, -0.2) is 32.4 Å². The van der Waals surface area contributed by atoms with Gasteiger partial charge in [-0.15, -0.1) is 0 Å². The fraction of sp³-hybridized carbons (Fsp3) is 0.273. The minimum atomic E-state index is -3.75. The van der Waals surface area contributed by atoms with Crippen LogP contribution in [0.15, 0.2) is 59.8 Å². The van der Waals surface area contributed by atoms with Gasteiger partial charge >= 0.3 is 0 Å². The molecule has 1 aliphatic rings. The number of carbonyl (C=O) groups is 1. The van der Waals surface area contributed by atoms with Crippen molar-refractivity contribution in [2.24, 2.45) is 5.14 Å². The van der Waals surface area contributed by atoms with E-state index in [1.807, 2.05) is 12.1 Å². The first kappa shape index (κ1) is 20.3. The second-order valence-electron chi connectivity index (χ2n) is 7.52. The van der Waals surface area contributed by atoms with E-state index in [1.165, 1.54) is 37.1 Å². The third-order valence-electron chi connectivity index (χ3n) is 5.38. The number of hydrogen-bond acceptors (Lipinski definition) is 5. The molecule has 156 valence electrons. The van der Waals surface area contributed by atoms with Crippen LogP contribution in [0.25, 0.3) is 10.8 Å². The van der Waals surface area contributed by atoms with Gasteiger partial charge in [0.2, 0.25) is 15.9 Å². The Morgan fingerprint density at radius 3 is 2.43 bits per heavy atom. The van der Waals surface area contributed by atoms with Gasteiger partial charge in [-0.3, -0.25) is 9.78 Å². The summed E-state index contributed by atoms with van der Waals surface area (Å²) < 4.78 is 22.7. The first-order valence-corrected chi connectivity index (χ1v) is 11.5. The van der Waals surface area contributed by atoms with Crippen LogP contribution >= 0.6 is 0 Å². The monoisotopic (exact) mass is 424 g/mol. The van der Waals surface area contributed by atoms with Gasteiger partial charge in [-0.25, -0.2) is 13.6 Å². The van der Waals surface area contributed by atoms with Crippen LogP contribution in [0.4, 0.5) is 11.4 Å². The summed E-state index contributed by atoms with van der Waals surface area (Å²) in [6.45, 7) is 2.08. The van der Waals surface area contributed by atoms with Crippen molar-refractivity contribution in [3.05, 3.63) is 60.4 Å². The topological polar surface area (TPSA) is 105 Å². The highest BCUT2D eigenvalue weighted by molar-refractivity contribution is 7.89. The third kappa shape index (κ3) is 4.44. The maximum absolute atomic E-state index is 12.6. The number of benzene rings is 2. The zero-order chi connectivity index (χ0) is 21.1. The molecule has 3 N–H and O–H groups in total. The summed E-state index contributed by atoms with van der Waals surface area (Å²) in [6.07, 6.45) is 7.32. The number of nitrogens with two attached hydrogens (primary N) is 1. The maximum Gasteiger partial charge on any atom is 0.238 e. The lowest BCUT2D eigenvalue weighted by atomic mass is 10.0. The number of hydrogen-bond donors (Lipinski definition) is 2. The van der Waals surface area contributed by atoms with Gasteiger partial charge in [0.15, 0.2) is 0 Å². The molecular weight excluding hydrogens is 400 g/mol. The molecule has 0 aliphatic carbocycles. The van der Waals surface area contributed by atoms with Crippen molar-refractivity contribution in [3.8, 4) is 0 Å². The van der Waals surface area contributed by atoms with Crippen molar-refractivity contribution in [2.75, 3.05) is 23.3 Å². The summed E-state index contributed by atoms with van der Waals surface area (Å²) in [5.74, 6) is -0.186. The molecule has 1 aromatic heterocycles. The number of rotatable bonds is 5. The molecule has 1 amide bonds. The van der Waals surface area contributed by atoms with E-state index in [2.05, 4.69) is 21.3 Å². The molecule has 0 radical (unpaired) electrons. The van der Waals surface area contributed by atoms with E-state index in [0.29, 0.717) is 11.3 Å². The number of pyridine rings is 1. The maximum atomic E-state index is 12.6. The summed E-state index contributed by atoms with van der Waals surface area (Å²) in [5, 5.41) is 10.1. The Morgan fingerprint density at radius 1 is 1.00 bits per heavy atom. The molecule has 0 unspecified atom stereocenters. The zero-order valence-corrected chi connectivity index (χ0v) is 17.4. The van der Waals surface area contributed by atoms with Crippen LogP contribution in [0.3, 0.4) is 0 Å². The van der Waals surface area contributed by atoms with Gasteiger partial charge in [-0.1, -0.05) is 12.1 Å². The Hall–Kier alpha value is -2.97. The number of piperidine rings is 1. The quantitative estimate of drug-likeness (QED) is 0.655. The molecule has 1 aliphatic heterocycles. The Labute approximate surface area is 176 Å². The normalized spacial score (nSPS) is 14.6. The molecule has 1 saturated heterocycles. The molecule has 0 spiro atoms. The molecule has 4 rings (SSSR count). The number of aromatic nitrogens is 1. The molecule has 0 atom stereocenters. The predicted octanol–water partition coefficient (Wildman–Crippen LogP) is 3.05. The SMILES string of the molecule is NS(=O)(=O)c1ccc(CC(=O)Nc2ccc(N3CCCCC3)c3ccncc23)cc1. The Bertz CT molecular complexity index is 1170. The van der Waals surface area contributed by atoms with E-state index >= 15 is 0 Å². The Morgan fingerprint density at radius 2 is 1.73 bits per heavy atom. The van der Waals surface area contributed by atoms with Crippen molar-refractivity contribution in [2.45, 2.75) is 30.6 Å². The Kier molecular flexibility index (Phi) is 5.69. The zero-order valence-electron chi connectivity index (χ0n) is 16.5. The standard InChI is InChI=1S/C22H24N4O3S/c23-30(28,29)17-6-4-16(5-7-17)14-22(27)25-20-8-9-21(26-12-2-1-3-13-26)18-10-11-24-15-19(18)20/h4-11,15H,1-3,12-14H2,(H,25,27)(H2,23,28,29). The van der Waals surface area contributed by atoms with Gasteiger partial charge in [0.25, 0.3) is 0 Å². The van der Waals surface area contributed by atoms with Gasteiger partial charge in [-0.2, -0.15) is 0 Å². The van der Waals surface area contributed by atoms with Crippen molar-refractivity contribution in [3.63, 3.8) is 0 Å². The van der Waals surface area contributed by atoms with Crippen LogP contribution in [-0.2, 0) is 21.2 Å². The van der Waals surface area contributed by atoms with Crippen LogP contribution in [0.1, 0.15) is 24.8 Å². The van der Waals surface area contributed by atoms with Crippen LogP contribution in [0.5, 0.6) is 0 Å². The number of anilines is 2. The Balaban J connectivity index is 1.54. The van der Waals surface area contributed by atoms with E-state index in [1.54, 1.807) is 24.5 Å². The molecular formula is C22H24N4O3S. The summed E-state index contributed by atoms with van der Waals surface area (Å²) in [4.78, 5) is 19.3. The number of nitrogens with one attached hydrogen (secondary N) is 1. The summed E-state index contributed by atoms with van der Waals surface area (Å²) in [6, 6.07) is 12.0. The molecule has 2 heterocycles. The van der Waals surface area contributed by atoms with Crippen molar-refractivity contribution in [1.29, 1.82) is 0 Å². The molecule has 30 heavy (non-hydrogen) atoms. The van der Waals surface area contributed by atoms with Gasteiger partial charge in [-0.05, 0) is 55.2 Å². The summed E-state index contributed by atoms with van der Waals surface area (Å²) in [5.41, 5.74) is 2.58. The van der Waals surface area contributed by atoms with Crippen molar-refractivity contribution in [1.82, 2.24) is 4.98 Å². The molecule has 2 aromatic carbocycles. The van der Waals surface area contributed by atoms with Crippen molar-refractivity contribution < 1.29 is 13.2 Å². The largest absolute Gasteiger partial charge is 0.371 e. The van der Waals surface area contributed by atoms with Crippen LogP contribution < -0.4 is 15.4 Å². The molecule has 8 heteroatoms. The lowest BCUT2D eigenvalue weighted by Gasteiger charge is -2.30. The van der Waals surface area contributed by atoms with E-state index in [4.69, 9.17) is 5.14 Å². The highest BCUT2D eigenvalue weighted by Gasteiger charge is 2.16. The summed E-state index contributed by atoms with van der Waals surface area (Å²) in [7, 11) is -3.75. The first-order valence-electron chi connectivity index (χ1n) is 9.95. The highest BCUT2D eigenvalue weighted by atomic mass is 32.2. The minimum absolute atomic E-state index is 0.0250. The molecule has 3 aromatic rings. The molecule has 0 saturated carbocycles. The van der Waals surface area contributed by atoms with Gasteiger partial charge in [0, 0.05) is 41.9 Å². The number of nitrogens with zero attached hydrogens (tertiary/aromatic N) is 2. The van der Waals surface area contributed by atoms with Crippen molar-refractivity contribution >= 4 is 38.1 Å².